The third-order valence-electron chi connectivity index (χ3n) is 5.78. The van der Waals surface area contributed by atoms with Crippen molar-refractivity contribution in [2.75, 3.05) is 19.1 Å². The number of anilines is 1. The van der Waals surface area contributed by atoms with E-state index >= 15 is 0 Å². The molecular formula is C28H26N2O7. The maximum absolute atomic E-state index is 13.4. The van der Waals surface area contributed by atoms with Gasteiger partial charge in [0, 0.05) is 11.9 Å². The van der Waals surface area contributed by atoms with Gasteiger partial charge >= 0.3 is 5.97 Å². The van der Waals surface area contributed by atoms with Crippen LogP contribution in [-0.4, -0.2) is 48.1 Å². The first-order valence-electron chi connectivity index (χ1n) is 11.5. The molecule has 2 aromatic carbocycles. The first kappa shape index (κ1) is 25.4. The highest BCUT2D eigenvalue weighted by Gasteiger charge is 2.48. The van der Waals surface area contributed by atoms with Gasteiger partial charge in [-0.15, -0.1) is 0 Å². The Labute approximate surface area is 213 Å². The van der Waals surface area contributed by atoms with Gasteiger partial charge in [0.1, 0.15) is 28.9 Å². The molecule has 0 spiro atoms. The number of hydrogen-bond donors (Lipinski definition) is 1. The third-order valence-corrected chi connectivity index (χ3v) is 5.78. The molecule has 0 saturated carbocycles. The number of Topliss-reactive ketones (excluding diaryl/α,β-unsaturated/α-hetero) is 1. The summed E-state index contributed by atoms with van der Waals surface area (Å²) in [4.78, 5) is 45.0. The number of carbonyl (C=O) groups excluding carboxylic acids is 3. The highest BCUT2D eigenvalue weighted by atomic mass is 16.5. The second-order valence-corrected chi connectivity index (χ2v) is 8.47. The molecule has 1 aliphatic rings. The van der Waals surface area contributed by atoms with Crippen molar-refractivity contribution in [1.29, 1.82) is 0 Å². The number of carbonyl (C=O) groups is 3. The van der Waals surface area contributed by atoms with E-state index in [1.54, 1.807) is 68.4 Å². The van der Waals surface area contributed by atoms with E-state index in [9.17, 15) is 19.5 Å². The highest BCUT2D eigenvalue weighted by molar-refractivity contribution is 6.51. The standard InChI is InChI=1S/C28H26N2O7/c1-16(2)37-28(34)17-9-7-10-18(15-17)30-24(19-11-5-6-14-29-19)23(26(32)27(30)33)25(31)22-20(35-3)12-8-13-21(22)36-4/h5-16,24,31H,1-4H3/b25-23+. The lowest BCUT2D eigenvalue weighted by molar-refractivity contribution is -0.132. The number of aromatic nitrogens is 1. The van der Waals surface area contributed by atoms with Crippen LogP contribution in [0.4, 0.5) is 5.69 Å². The van der Waals surface area contributed by atoms with Crippen molar-refractivity contribution in [1.82, 2.24) is 4.98 Å². The SMILES string of the molecule is COc1cccc(OC)c1/C(O)=C1\C(=O)C(=O)N(c2cccc(C(=O)OC(C)C)c2)C1c1ccccn1. The van der Waals surface area contributed by atoms with Gasteiger partial charge in [0.2, 0.25) is 0 Å². The molecule has 1 unspecified atom stereocenters. The molecule has 37 heavy (non-hydrogen) atoms. The number of aliphatic hydroxyl groups is 1. The van der Waals surface area contributed by atoms with E-state index in [4.69, 9.17) is 14.2 Å². The molecule has 1 saturated heterocycles. The van der Waals surface area contributed by atoms with Gasteiger partial charge in [-0.25, -0.2) is 4.79 Å². The molecular weight excluding hydrogens is 476 g/mol. The molecule has 0 bridgehead atoms. The number of esters is 1. The summed E-state index contributed by atoms with van der Waals surface area (Å²) < 4.78 is 16.1. The van der Waals surface area contributed by atoms with Crippen LogP contribution in [0.5, 0.6) is 11.5 Å². The normalized spacial score (nSPS) is 16.7. The summed E-state index contributed by atoms with van der Waals surface area (Å²) in [5.74, 6) is -2.35. The van der Waals surface area contributed by atoms with Crippen LogP contribution in [0.1, 0.15) is 41.5 Å². The Bertz CT molecular complexity index is 1360. The molecule has 1 amide bonds. The number of ketones is 1. The van der Waals surface area contributed by atoms with Crippen molar-refractivity contribution >= 4 is 29.1 Å². The predicted octanol–water partition coefficient (Wildman–Crippen LogP) is 4.29. The Balaban J connectivity index is 1.94. The zero-order valence-electron chi connectivity index (χ0n) is 20.8. The van der Waals surface area contributed by atoms with Crippen LogP contribution < -0.4 is 14.4 Å². The Morgan fingerprint density at radius 1 is 0.973 bits per heavy atom. The first-order valence-corrected chi connectivity index (χ1v) is 11.5. The molecule has 1 N–H and O–H groups in total. The zero-order valence-corrected chi connectivity index (χ0v) is 20.8. The Morgan fingerprint density at radius 3 is 2.24 bits per heavy atom. The minimum atomic E-state index is -1.09. The molecule has 4 rings (SSSR count). The predicted molar refractivity (Wildman–Crippen MR) is 136 cm³/mol. The van der Waals surface area contributed by atoms with E-state index in [0.29, 0.717) is 5.69 Å². The number of amides is 1. The number of ether oxygens (including phenoxy) is 3. The fourth-order valence-electron chi connectivity index (χ4n) is 4.20. The van der Waals surface area contributed by atoms with Gasteiger partial charge in [-0.1, -0.05) is 18.2 Å². The summed E-state index contributed by atoms with van der Waals surface area (Å²) in [5.41, 5.74) is 0.746. The summed E-state index contributed by atoms with van der Waals surface area (Å²) in [7, 11) is 2.84. The van der Waals surface area contributed by atoms with Crippen molar-refractivity contribution in [2.45, 2.75) is 26.0 Å². The third kappa shape index (κ3) is 4.75. The van der Waals surface area contributed by atoms with E-state index in [-0.39, 0.29) is 40.0 Å². The van der Waals surface area contributed by atoms with E-state index in [1.165, 1.54) is 31.4 Å². The number of methoxy groups -OCH3 is 2. The van der Waals surface area contributed by atoms with Crippen molar-refractivity contribution in [3.8, 4) is 11.5 Å². The van der Waals surface area contributed by atoms with Crippen molar-refractivity contribution in [3.63, 3.8) is 0 Å². The smallest absolute Gasteiger partial charge is 0.338 e. The largest absolute Gasteiger partial charge is 0.506 e. The topological polar surface area (TPSA) is 115 Å². The fraction of sp³-hybridized carbons (Fsp3) is 0.214. The van der Waals surface area contributed by atoms with Crippen LogP contribution >= 0.6 is 0 Å². The minimum absolute atomic E-state index is 0.126. The average Bonchev–Trinajstić information content (AvgIpc) is 3.18. The maximum atomic E-state index is 13.4. The van der Waals surface area contributed by atoms with Gasteiger partial charge < -0.3 is 19.3 Å². The number of benzene rings is 2. The molecule has 190 valence electrons. The molecule has 0 aliphatic carbocycles. The van der Waals surface area contributed by atoms with Crippen LogP contribution in [-0.2, 0) is 14.3 Å². The maximum Gasteiger partial charge on any atom is 0.338 e. The summed E-state index contributed by atoms with van der Waals surface area (Å²) in [6.45, 7) is 3.46. The van der Waals surface area contributed by atoms with Crippen LogP contribution in [0.15, 0.2) is 72.4 Å². The number of pyridine rings is 1. The van der Waals surface area contributed by atoms with Gasteiger partial charge in [-0.05, 0) is 56.3 Å². The molecule has 1 fully saturated rings. The van der Waals surface area contributed by atoms with Crippen LogP contribution in [0.2, 0.25) is 0 Å². The molecule has 3 aromatic rings. The van der Waals surface area contributed by atoms with Gasteiger partial charge in [-0.2, -0.15) is 0 Å². The lowest BCUT2D eigenvalue weighted by atomic mass is 9.97. The van der Waals surface area contributed by atoms with Gasteiger partial charge in [0.05, 0.1) is 37.2 Å². The Hall–Kier alpha value is -4.66. The van der Waals surface area contributed by atoms with Gasteiger partial charge in [0.25, 0.3) is 11.7 Å². The molecule has 1 aliphatic heterocycles. The van der Waals surface area contributed by atoms with E-state index in [2.05, 4.69) is 4.98 Å². The Kier molecular flexibility index (Phi) is 7.24. The van der Waals surface area contributed by atoms with Gasteiger partial charge in [-0.3, -0.25) is 19.5 Å². The molecule has 9 nitrogen and oxygen atoms in total. The van der Waals surface area contributed by atoms with Crippen molar-refractivity contribution < 1.29 is 33.7 Å². The summed E-state index contributed by atoms with van der Waals surface area (Å²) >= 11 is 0. The Morgan fingerprint density at radius 2 is 1.65 bits per heavy atom. The molecule has 0 radical (unpaired) electrons. The average molecular weight is 503 g/mol. The number of rotatable bonds is 7. The van der Waals surface area contributed by atoms with Crippen LogP contribution in [0, 0.1) is 0 Å². The van der Waals surface area contributed by atoms with Crippen LogP contribution in [0.3, 0.4) is 0 Å². The van der Waals surface area contributed by atoms with Crippen molar-refractivity contribution in [3.05, 3.63) is 89.3 Å². The second kappa shape index (κ2) is 10.5. The lowest BCUT2D eigenvalue weighted by Gasteiger charge is -2.25. The van der Waals surface area contributed by atoms with E-state index < -0.39 is 29.5 Å². The van der Waals surface area contributed by atoms with E-state index in [1.807, 2.05) is 0 Å². The minimum Gasteiger partial charge on any atom is -0.506 e. The first-order chi connectivity index (χ1) is 17.8. The number of hydrogen-bond acceptors (Lipinski definition) is 8. The molecule has 2 heterocycles. The molecule has 1 aromatic heterocycles. The summed E-state index contributed by atoms with van der Waals surface area (Å²) in [5, 5.41) is 11.5. The molecule has 9 heteroatoms. The highest BCUT2D eigenvalue weighted by Crippen LogP contribution is 2.44. The lowest BCUT2D eigenvalue weighted by Crippen LogP contribution is -2.30. The zero-order chi connectivity index (χ0) is 26.7. The summed E-state index contributed by atoms with van der Waals surface area (Å²) in [6.07, 6.45) is 1.19. The fourth-order valence-corrected chi connectivity index (χ4v) is 4.20. The van der Waals surface area contributed by atoms with Crippen molar-refractivity contribution in [2.24, 2.45) is 0 Å². The van der Waals surface area contributed by atoms with Gasteiger partial charge in [0.15, 0.2) is 0 Å². The second-order valence-electron chi connectivity index (χ2n) is 8.47. The monoisotopic (exact) mass is 502 g/mol. The quantitative estimate of drug-likeness (QED) is 0.220. The summed E-state index contributed by atoms with van der Waals surface area (Å²) in [6, 6.07) is 15.0. The van der Waals surface area contributed by atoms with E-state index in [0.717, 1.165) is 0 Å². The number of aliphatic hydroxyl groups excluding tert-OH is 1. The van der Waals surface area contributed by atoms with Crippen LogP contribution in [0.25, 0.3) is 5.76 Å². The molecule has 1 atom stereocenters. The number of nitrogens with zero attached hydrogens (tertiary/aromatic N) is 2.